The number of anilines is 2. The minimum atomic E-state index is -0.559. The molecule has 0 radical (unpaired) electrons. The highest BCUT2D eigenvalue weighted by molar-refractivity contribution is 5.95. The molecule has 0 saturated heterocycles. The number of nitro benzene ring substituents is 1. The molecule has 7 heteroatoms. The number of para-hydroxylation sites is 1. The zero-order chi connectivity index (χ0) is 18.6. The lowest BCUT2D eigenvalue weighted by atomic mass is 10.1. The number of carbonyl (C=O) groups excluding carboxylic acids is 1. The topological polar surface area (TPSA) is 99.3 Å². The third-order valence-electron chi connectivity index (χ3n) is 3.84. The van der Waals surface area contributed by atoms with E-state index in [4.69, 9.17) is 5.26 Å². The van der Waals surface area contributed by atoms with E-state index >= 15 is 0 Å². The van der Waals surface area contributed by atoms with Crippen LogP contribution in [-0.4, -0.2) is 24.4 Å². The van der Waals surface area contributed by atoms with Crippen molar-refractivity contribution >= 4 is 23.0 Å². The Morgan fingerprint density at radius 1 is 1.28 bits per heavy atom. The normalized spacial score (nSPS) is 10.0. The fourth-order valence-corrected chi connectivity index (χ4v) is 2.55. The van der Waals surface area contributed by atoms with Crippen LogP contribution < -0.4 is 10.2 Å². The quantitative estimate of drug-likeness (QED) is 0.667. The largest absolute Gasteiger partial charge is 0.360 e. The molecule has 0 heterocycles. The number of nitriles is 1. The number of benzene rings is 2. The lowest BCUT2D eigenvalue weighted by Crippen LogP contribution is -2.30. The number of hydrogen-bond acceptors (Lipinski definition) is 5. The first-order valence-electron chi connectivity index (χ1n) is 7.59. The van der Waals surface area contributed by atoms with Crippen molar-refractivity contribution in [3.05, 3.63) is 63.2 Å². The Morgan fingerprint density at radius 2 is 1.92 bits per heavy atom. The molecule has 0 aliphatic carbocycles. The summed E-state index contributed by atoms with van der Waals surface area (Å²) in [5.74, 6) is -0.279. The molecular weight excluding hydrogens is 320 g/mol. The van der Waals surface area contributed by atoms with Crippen LogP contribution in [0.5, 0.6) is 0 Å². The van der Waals surface area contributed by atoms with Gasteiger partial charge in [-0.25, -0.2) is 0 Å². The molecule has 25 heavy (non-hydrogen) atoms. The summed E-state index contributed by atoms with van der Waals surface area (Å²) in [5, 5.41) is 23.0. The van der Waals surface area contributed by atoms with Crippen molar-refractivity contribution in [2.45, 2.75) is 13.8 Å². The molecule has 0 unspecified atom stereocenters. The van der Waals surface area contributed by atoms with Crippen LogP contribution in [-0.2, 0) is 4.79 Å². The standard InChI is InChI=1S/C18H18N4O3/c1-12-5-4-6-13(2)18(12)20-17(23)11-21(3)15-8-7-14(10-19)9-16(15)22(24)25/h4-9H,11H2,1-3H3,(H,20,23). The summed E-state index contributed by atoms with van der Waals surface area (Å²) in [6, 6.07) is 11.7. The van der Waals surface area contributed by atoms with Gasteiger partial charge in [-0.05, 0) is 37.1 Å². The number of rotatable bonds is 5. The van der Waals surface area contributed by atoms with Crippen molar-refractivity contribution in [2.75, 3.05) is 23.8 Å². The number of nitrogens with zero attached hydrogens (tertiary/aromatic N) is 3. The van der Waals surface area contributed by atoms with E-state index in [2.05, 4.69) is 5.32 Å². The van der Waals surface area contributed by atoms with Crippen molar-refractivity contribution < 1.29 is 9.72 Å². The van der Waals surface area contributed by atoms with Crippen LogP contribution in [0, 0.1) is 35.3 Å². The van der Waals surface area contributed by atoms with Gasteiger partial charge >= 0.3 is 0 Å². The molecule has 128 valence electrons. The van der Waals surface area contributed by atoms with E-state index in [-0.39, 0.29) is 29.4 Å². The van der Waals surface area contributed by atoms with Crippen LogP contribution in [0.4, 0.5) is 17.1 Å². The van der Waals surface area contributed by atoms with Crippen LogP contribution in [0.15, 0.2) is 36.4 Å². The van der Waals surface area contributed by atoms with Gasteiger partial charge in [0.2, 0.25) is 5.91 Å². The lowest BCUT2D eigenvalue weighted by molar-refractivity contribution is -0.384. The second kappa shape index (κ2) is 7.45. The van der Waals surface area contributed by atoms with Gasteiger partial charge in [0.15, 0.2) is 0 Å². The van der Waals surface area contributed by atoms with Gasteiger partial charge in [0, 0.05) is 18.8 Å². The predicted octanol–water partition coefficient (Wildman–Crippen LogP) is 3.16. The third-order valence-corrected chi connectivity index (χ3v) is 3.84. The number of nitro groups is 1. The minimum absolute atomic E-state index is 0.0550. The second-order valence-corrected chi connectivity index (χ2v) is 5.74. The average molecular weight is 338 g/mol. The molecule has 1 amide bonds. The summed E-state index contributed by atoms with van der Waals surface area (Å²) in [4.78, 5) is 24.5. The van der Waals surface area contributed by atoms with Gasteiger partial charge in [-0.2, -0.15) is 5.26 Å². The second-order valence-electron chi connectivity index (χ2n) is 5.74. The summed E-state index contributed by atoms with van der Waals surface area (Å²) < 4.78 is 0. The van der Waals surface area contributed by atoms with Crippen molar-refractivity contribution in [1.29, 1.82) is 5.26 Å². The van der Waals surface area contributed by atoms with Crippen molar-refractivity contribution in [3.8, 4) is 6.07 Å². The molecule has 0 aromatic heterocycles. The van der Waals surface area contributed by atoms with Gasteiger partial charge in [0.25, 0.3) is 5.69 Å². The first kappa shape index (κ1) is 17.9. The number of nitrogens with one attached hydrogen (secondary N) is 1. The summed E-state index contributed by atoms with van der Waals surface area (Å²) >= 11 is 0. The third kappa shape index (κ3) is 4.12. The van der Waals surface area contributed by atoms with E-state index < -0.39 is 4.92 Å². The number of aryl methyl sites for hydroxylation is 2. The smallest absolute Gasteiger partial charge is 0.293 e. The van der Waals surface area contributed by atoms with E-state index in [0.717, 1.165) is 16.8 Å². The zero-order valence-corrected chi connectivity index (χ0v) is 14.2. The van der Waals surface area contributed by atoms with Gasteiger partial charge in [0.05, 0.1) is 23.1 Å². The van der Waals surface area contributed by atoms with Gasteiger partial charge < -0.3 is 10.2 Å². The Labute approximate surface area is 145 Å². The zero-order valence-electron chi connectivity index (χ0n) is 14.2. The van der Waals surface area contributed by atoms with Crippen LogP contribution in [0.2, 0.25) is 0 Å². The maximum Gasteiger partial charge on any atom is 0.293 e. The van der Waals surface area contributed by atoms with Gasteiger partial charge in [-0.1, -0.05) is 18.2 Å². The Hall–Kier alpha value is -3.40. The number of carbonyl (C=O) groups is 1. The molecule has 0 aliphatic rings. The fraction of sp³-hybridized carbons (Fsp3) is 0.222. The molecule has 0 aliphatic heterocycles. The van der Waals surface area contributed by atoms with Gasteiger partial charge in [-0.3, -0.25) is 14.9 Å². The van der Waals surface area contributed by atoms with Crippen LogP contribution in [0.25, 0.3) is 0 Å². The Bertz CT molecular complexity index is 851. The first-order valence-corrected chi connectivity index (χ1v) is 7.59. The van der Waals surface area contributed by atoms with E-state index in [0.29, 0.717) is 0 Å². The molecule has 0 spiro atoms. The maximum atomic E-state index is 12.3. The number of hydrogen-bond donors (Lipinski definition) is 1. The molecule has 2 aromatic carbocycles. The molecule has 0 atom stereocenters. The van der Waals surface area contributed by atoms with E-state index in [1.807, 2.05) is 38.1 Å². The van der Waals surface area contributed by atoms with Crippen LogP contribution >= 0.6 is 0 Å². The number of amides is 1. The fourth-order valence-electron chi connectivity index (χ4n) is 2.55. The van der Waals surface area contributed by atoms with Crippen molar-refractivity contribution in [1.82, 2.24) is 0 Å². The van der Waals surface area contributed by atoms with Crippen molar-refractivity contribution in [2.24, 2.45) is 0 Å². The van der Waals surface area contributed by atoms with E-state index in [1.165, 1.54) is 23.1 Å². The Kier molecular flexibility index (Phi) is 5.35. The Morgan fingerprint density at radius 3 is 2.48 bits per heavy atom. The highest BCUT2D eigenvalue weighted by Gasteiger charge is 2.20. The van der Waals surface area contributed by atoms with Gasteiger partial charge in [-0.15, -0.1) is 0 Å². The molecule has 0 bridgehead atoms. The molecule has 2 rings (SSSR count). The van der Waals surface area contributed by atoms with Crippen LogP contribution in [0.3, 0.4) is 0 Å². The SMILES string of the molecule is Cc1cccc(C)c1NC(=O)CN(C)c1ccc(C#N)cc1[N+](=O)[O-]. The molecule has 0 fully saturated rings. The summed E-state index contributed by atoms with van der Waals surface area (Å²) in [6.07, 6.45) is 0. The monoisotopic (exact) mass is 338 g/mol. The molecule has 0 saturated carbocycles. The van der Waals surface area contributed by atoms with E-state index in [1.54, 1.807) is 7.05 Å². The van der Waals surface area contributed by atoms with Crippen LogP contribution in [0.1, 0.15) is 16.7 Å². The molecular formula is C18H18N4O3. The first-order chi connectivity index (χ1) is 11.8. The minimum Gasteiger partial charge on any atom is -0.360 e. The highest BCUT2D eigenvalue weighted by Crippen LogP contribution is 2.28. The molecule has 2 aromatic rings. The summed E-state index contributed by atoms with van der Waals surface area (Å²) in [6.45, 7) is 3.75. The predicted molar refractivity (Wildman–Crippen MR) is 95.6 cm³/mol. The van der Waals surface area contributed by atoms with E-state index in [9.17, 15) is 14.9 Å². The Balaban J connectivity index is 2.19. The lowest BCUT2D eigenvalue weighted by Gasteiger charge is -2.19. The molecule has 7 nitrogen and oxygen atoms in total. The van der Waals surface area contributed by atoms with Gasteiger partial charge in [0.1, 0.15) is 5.69 Å². The highest BCUT2D eigenvalue weighted by atomic mass is 16.6. The van der Waals surface area contributed by atoms with Crippen molar-refractivity contribution in [3.63, 3.8) is 0 Å². The number of likely N-dealkylation sites (N-methyl/N-ethyl adjacent to an activating group) is 1. The maximum absolute atomic E-state index is 12.3. The molecule has 1 N–H and O–H groups in total. The summed E-state index contributed by atoms with van der Waals surface area (Å²) in [7, 11) is 1.60. The average Bonchev–Trinajstić information content (AvgIpc) is 2.57. The summed E-state index contributed by atoms with van der Waals surface area (Å²) in [5.41, 5.74) is 2.90.